The summed E-state index contributed by atoms with van der Waals surface area (Å²) in [5.74, 6) is -0.195. The SMILES string of the molecule is Cc1ccc(C(=O)NC(=S)Nc2ccc(N3CCN(C)CC3)cc2)c(C)c1. The number of hydrogen-bond donors (Lipinski definition) is 2. The topological polar surface area (TPSA) is 47.6 Å². The fourth-order valence-corrected chi connectivity index (χ4v) is 3.43. The van der Waals surface area contributed by atoms with E-state index in [1.807, 2.05) is 44.2 Å². The van der Waals surface area contributed by atoms with E-state index in [9.17, 15) is 4.79 Å². The fourth-order valence-electron chi connectivity index (χ4n) is 3.22. The Bertz CT molecular complexity index is 827. The Morgan fingerprint density at radius 3 is 2.30 bits per heavy atom. The van der Waals surface area contributed by atoms with Crippen LogP contribution in [0.3, 0.4) is 0 Å². The Balaban J connectivity index is 1.57. The van der Waals surface area contributed by atoms with Gasteiger partial charge < -0.3 is 15.1 Å². The van der Waals surface area contributed by atoms with Crippen LogP contribution in [0.2, 0.25) is 0 Å². The first-order valence-electron chi connectivity index (χ1n) is 9.15. The third-order valence-corrected chi connectivity index (χ3v) is 5.05. The second-order valence-corrected chi connectivity index (χ2v) is 7.47. The second kappa shape index (κ2) is 8.50. The number of anilines is 2. The molecule has 3 rings (SSSR count). The van der Waals surface area contributed by atoms with Crippen molar-refractivity contribution in [2.75, 3.05) is 43.4 Å². The molecule has 1 heterocycles. The van der Waals surface area contributed by atoms with Crippen molar-refractivity contribution >= 4 is 34.6 Å². The molecular weight excluding hydrogens is 356 g/mol. The molecule has 1 saturated heterocycles. The molecule has 0 saturated carbocycles. The molecule has 0 spiro atoms. The van der Waals surface area contributed by atoms with Gasteiger partial charge in [-0.25, -0.2) is 0 Å². The first kappa shape index (κ1) is 19.3. The van der Waals surface area contributed by atoms with E-state index in [1.54, 1.807) is 0 Å². The summed E-state index contributed by atoms with van der Waals surface area (Å²) in [4.78, 5) is 17.1. The fraction of sp³-hybridized carbons (Fsp3) is 0.333. The maximum absolute atomic E-state index is 12.4. The summed E-state index contributed by atoms with van der Waals surface area (Å²) in [6.07, 6.45) is 0. The highest BCUT2D eigenvalue weighted by molar-refractivity contribution is 7.80. The highest BCUT2D eigenvalue weighted by Gasteiger charge is 2.14. The Hall–Kier alpha value is -2.44. The first-order chi connectivity index (χ1) is 12.9. The normalized spacial score (nSPS) is 14.7. The van der Waals surface area contributed by atoms with Crippen molar-refractivity contribution in [1.82, 2.24) is 10.2 Å². The molecule has 142 valence electrons. The number of thiocarbonyl (C=S) groups is 1. The van der Waals surface area contributed by atoms with Crippen LogP contribution in [0.4, 0.5) is 11.4 Å². The van der Waals surface area contributed by atoms with Gasteiger partial charge >= 0.3 is 0 Å². The number of benzene rings is 2. The van der Waals surface area contributed by atoms with Crippen molar-refractivity contribution in [1.29, 1.82) is 0 Å². The number of amides is 1. The van der Waals surface area contributed by atoms with E-state index in [2.05, 4.69) is 39.6 Å². The van der Waals surface area contributed by atoms with Gasteiger partial charge in [0, 0.05) is 43.1 Å². The molecule has 0 radical (unpaired) electrons. The van der Waals surface area contributed by atoms with Crippen LogP contribution in [0.25, 0.3) is 0 Å². The molecule has 1 aliphatic heterocycles. The third kappa shape index (κ3) is 5.05. The van der Waals surface area contributed by atoms with E-state index < -0.39 is 0 Å². The summed E-state index contributed by atoms with van der Waals surface area (Å²) in [5.41, 5.74) is 4.77. The maximum Gasteiger partial charge on any atom is 0.257 e. The summed E-state index contributed by atoms with van der Waals surface area (Å²) in [6, 6.07) is 13.9. The standard InChI is InChI=1S/C21H26N4OS/c1-15-4-9-19(16(2)14-15)20(26)23-21(27)22-17-5-7-18(8-6-17)25-12-10-24(3)11-13-25/h4-9,14H,10-13H2,1-3H3,(H2,22,23,26,27). The van der Waals surface area contributed by atoms with Gasteiger partial charge in [-0.1, -0.05) is 17.7 Å². The lowest BCUT2D eigenvalue weighted by molar-refractivity contribution is 0.0977. The van der Waals surface area contributed by atoms with Crippen molar-refractivity contribution < 1.29 is 4.79 Å². The molecule has 6 heteroatoms. The summed E-state index contributed by atoms with van der Waals surface area (Å²) in [7, 11) is 2.15. The van der Waals surface area contributed by atoms with Crippen LogP contribution >= 0.6 is 12.2 Å². The van der Waals surface area contributed by atoms with Gasteiger partial charge in [-0.2, -0.15) is 0 Å². The lowest BCUT2D eigenvalue weighted by atomic mass is 10.1. The molecule has 0 atom stereocenters. The van der Waals surface area contributed by atoms with Crippen LogP contribution in [0, 0.1) is 13.8 Å². The van der Waals surface area contributed by atoms with Crippen molar-refractivity contribution in [2.24, 2.45) is 0 Å². The van der Waals surface area contributed by atoms with Crippen LogP contribution < -0.4 is 15.5 Å². The average molecular weight is 383 g/mol. The molecule has 2 aromatic rings. The molecule has 1 amide bonds. The first-order valence-corrected chi connectivity index (χ1v) is 9.56. The molecule has 1 aliphatic rings. The predicted molar refractivity (Wildman–Crippen MR) is 116 cm³/mol. The number of likely N-dealkylation sites (N-methyl/N-ethyl adjacent to an activating group) is 1. The van der Waals surface area contributed by atoms with Crippen molar-refractivity contribution in [3.05, 3.63) is 59.2 Å². The summed E-state index contributed by atoms with van der Waals surface area (Å²) in [5, 5.41) is 6.14. The van der Waals surface area contributed by atoms with Crippen molar-refractivity contribution in [2.45, 2.75) is 13.8 Å². The predicted octanol–water partition coefficient (Wildman–Crippen LogP) is 3.18. The molecule has 5 nitrogen and oxygen atoms in total. The van der Waals surface area contributed by atoms with E-state index in [-0.39, 0.29) is 5.91 Å². The summed E-state index contributed by atoms with van der Waals surface area (Å²) < 4.78 is 0. The average Bonchev–Trinajstić information content (AvgIpc) is 2.63. The van der Waals surface area contributed by atoms with Crippen LogP contribution in [-0.4, -0.2) is 49.1 Å². The number of nitrogens with zero attached hydrogens (tertiary/aromatic N) is 2. The highest BCUT2D eigenvalue weighted by atomic mass is 32.1. The number of nitrogens with one attached hydrogen (secondary N) is 2. The van der Waals surface area contributed by atoms with E-state index in [0.717, 1.165) is 43.0 Å². The number of hydrogen-bond acceptors (Lipinski definition) is 4. The monoisotopic (exact) mass is 382 g/mol. The molecule has 0 bridgehead atoms. The van der Waals surface area contributed by atoms with Gasteiger partial charge in [0.05, 0.1) is 0 Å². The van der Waals surface area contributed by atoms with Crippen LogP contribution in [0.1, 0.15) is 21.5 Å². The quantitative estimate of drug-likeness (QED) is 0.799. The zero-order valence-electron chi connectivity index (χ0n) is 16.1. The van der Waals surface area contributed by atoms with Crippen LogP contribution in [0.15, 0.2) is 42.5 Å². The molecule has 27 heavy (non-hydrogen) atoms. The van der Waals surface area contributed by atoms with E-state index in [4.69, 9.17) is 12.2 Å². The molecule has 2 N–H and O–H groups in total. The van der Waals surface area contributed by atoms with Gasteiger partial charge in [0.25, 0.3) is 5.91 Å². The minimum absolute atomic E-state index is 0.195. The Morgan fingerprint density at radius 1 is 1.00 bits per heavy atom. The summed E-state index contributed by atoms with van der Waals surface area (Å²) in [6.45, 7) is 8.16. The zero-order valence-corrected chi connectivity index (χ0v) is 16.9. The molecule has 2 aromatic carbocycles. The third-order valence-electron chi connectivity index (χ3n) is 4.85. The van der Waals surface area contributed by atoms with Gasteiger partial charge in [-0.05, 0) is 69.0 Å². The van der Waals surface area contributed by atoms with Crippen LogP contribution in [-0.2, 0) is 0 Å². The van der Waals surface area contributed by atoms with E-state index >= 15 is 0 Å². The minimum Gasteiger partial charge on any atom is -0.369 e. The summed E-state index contributed by atoms with van der Waals surface area (Å²) >= 11 is 5.29. The smallest absolute Gasteiger partial charge is 0.257 e. The van der Waals surface area contributed by atoms with E-state index in [1.165, 1.54) is 5.69 Å². The Morgan fingerprint density at radius 2 is 1.67 bits per heavy atom. The van der Waals surface area contributed by atoms with Gasteiger partial charge in [0.15, 0.2) is 5.11 Å². The number of piperazine rings is 1. The molecule has 0 aliphatic carbocycles. The van der Waals surface area contributed by atoms with E-state index in [0.29, 0.717) is 10.7 Å². The van der Waals surface area contributed by atoms with Gasteiger partial charge in [-0.15, -0.1) is 0 Å². The Kier molecular flexibility index (Phi) is 6.08. The van der Waals surface area contributed by atoms with Gasteiger partial charge in [0.2, 0.25) is 0 Å². The lowest BCUT2D eigenvalue weighted by Gasteiger charge is -2.34. The lowest BCUT2D eigenvalue weighted by Crippen LogP contribution is -2.44. The molecule has 1 fully saturated rings. The molecule has 0 unspecified atom stereocenters. The number of rotatable bonds is 3. The van der Waals surface area contributed by atoms with Crippen LogP contribution in [0.5, 0.6) is 0 Å². The highest BCUT2D eigenvalue weighted by Crippen LogP contribution is 2.19. The van der Waals surface area contributed by atoms with Crippen molar-refractivity contribution in [3.63, 3.8) is 0 Å². The van der Waals surface area contributed by atoms with Gasteiger partial charge in [0.1, 0.15) is 0 Å². The van der Waals surface area contributed by atoms with Crippen molar-refractivity contribution in [3.8, 4) is 0 Å². The number of carbonyl (C=O) groups is 1. The minimum atomic E-state index is -0.195. The van der Waals surface area contributed by atoms with Gasteiger partial charge in [-0.3, -0.25) is 10.1 Å². The number of aryl methyl sites for hydroxylation is 2. The maximum atomic E-state index is 12.4. The number of carbonyl (C=O) groups excluding carboxylic acids is 1. The molecule has 0 aromatic heterocycles. The second-order valence-electron chi connectivity index (χ2n) is 7.06. The largest absolute Gasteiger partial charge is 0.369 e. The zero-order chi connectivity index (χ0) is 19.4. The molecular formula is C21H26N4OS. The Labute approximate surface area is 166 Å².